The van der Waals surface area contributed by atoms with Crippen molar-refractivity contribution in [1.82, 2.24) is 4.98 Å². The number of hydrogen-bond acceptors (Lipinski definition) is 5. The minimum atomic E-state index is -0.502. The van der Waals surface area contributed by atoms with Crippen LogP contribution < -0.4 is 10.1 Å². The third-order valence-electron chi connectivity index (χ3n) is 3.71. The number of ether oxygens (including phenoxy) is 2. The second kappa shape index (κ2) is 7.81. The van der Waals surface area contributed by atoms with Crippen LogP contribution in [0.25, 0.3) is 10.4 Å². The van der Waals surface area contributed by atoms with Gasteiger partial charge in [0.1, 0.15) is 12.4 Å². The van der Waals surface area contributed by atoms with Crippen molar-refractivity contribution >= 4 is 23.1 Å². The molecule has 128 valence electrons. The molecule has 1 aromatic heterocycles. The molecule has 0 unspecified atom stereocenters. The summed E-state index contributed by atoms with van der Waals surface area (Å²) < 4.78 is 10.6. The highest BCUT2D eigenvalue weighted by Gasteiger charge is 2.09. The SMILES string of the molecule is COC(=O)Nc1ccccc1COc1ccc(-c2cncs2)cc1C. The second-order valence-corrected chi connectivity index (χ2v) is 6.29. The van der Waals surface area contributed by atoms with Gasteiger partial charge in [0.2, 0.25) is 0 Å². The quantitative estimate of drug-likeness (QED) is 0.710. The number of hydrogen-bond donors (Lipinski definition) is 1. The van der Waals surface area contributed by atoms with E-state index in [0.29, 0.717) is 12.3 Å². The molecule has 0 bridgehead atoms. The summed E-state index contributed by atoms with van der Waals surface area (Å²) in [6, 6.07) is 13.5. The lowest BCUT2D eigenvalue weighted by atomic mass is 10.1. The van der Waals surface area contributed by atoms with Crippen molar-refractivity contribution in [2.24, 2.45) is 0 Å². The summed E-state index contributed by atoms with van der Waals surface area (Å²) in [6.45, 7) is 2.36. The first kappa shape index (κ1) is 17.0. The first-order chi connectivity index (χ1) is 12.2. The molecule has 3 rings (SSSR count). The van der Waals surface area contributed by atoms with Crippen molar-refractivity contribution in [3.8, 4) is 16.2 Å². The number of nitrogens with one attached hydrogen (secondary N) is 1. The van der Waals surface area contributed by atoms with Crippen molar-refractivity contribution in [3.05, 3.63) is 65.3 Å². The molecule has 0 fully saturated rings. The Kier molecular flexibility index (Phi) is 5.30. The molecule has 1 amide bonds. The van der Waals surface area contributed by atoms with E-state index >= 15 is 0 Å². The van der Waals surface area contributed by atoms with Gasteiger partial charge in [0.05, 0.1) is 23.2 Å². The zero-order chi connectivity index (χ0) is 17.6. The third kappa shape index (κ3) is 4.16. The smallest absolute Gasteiger partial charge is 0.411 e. The van der Waals surface area contributed by atoms with E-state index in [-0.39, 0.29) is 0 Å². The van der Waals surface area contributed by atoms with Crippen molar-refractivity contribution in [2.75, 3.05) is 12.4 Å². The van der Waals surface area contributed by atoms with E-state index < -0.39 is 6.09 Å². The highest BCUT2D eigenvalue weighted by atomic mass is 32.1. The van der Waals surface area contributed by atoms with Crippen LogP contribution in [0.3, 0.4) is 0 Å². The molecule has 1 heterocycles. The van der Waals surface area contributed by atoms with Crippen LogP contribution in [0, 0.1) is 6.92 Å². The topological polar surface area (TPSA) is 60.5 Å². The predicted octanol–water partition coefficient (Wildman–Crippen LogP) is 4.88. The molecule has 5 nitrogen and oxygen atoms in total. The van der Waals surface area contributed by atoms with Gasteiger partial charge in [-0.1, -0.05) is 18.2 Å². The number of anilines is 1. The molecule has 0 aliphatic carbocycles. The van der Waals surface area contributed by atoms with Crippen molar-refractivity contribution < 1.29 is 14.3 Å². The lowest BCUT2D eigenvalue weighted by molar-refractivity contribution is 0.187. The molecule has 0 saturated heterocycles. The fourth-order valence-corrected chi connectivity index (χ4v) is 3.03. The van der Waals surface area contributed by atoms with Crippen molar-refractivity contribution in [1.29, 1.82) is 0 Å². The lowest BCUT2D eigenvalue weighted by Gasteiger charge is -2.13. The first-order valence-corrected chi connectivity index (χ1v) is 8.60. The van der Waals surface area contributed by atoms with E-state index in [1.165, 1.54) is 7.11 Å². The molecule has 0 aliphatic heterocycles. The maximum Gasteiger partial charge on any atom is 0.411 e. The number of amides is 1. The fraction of sp³-hybridized carbons (Fsp3) is 0.158. The zero-order valence-electron chi connectivity index (χ0n) is 14.0. The van der Waals surface area contributed by atoms with Crippen LogP contribution >= 0.6 is 11.3 Å². The Morgan fingerprint density at radius 3 is 2.80 bits per heavy atom. The van der Waals surface area contributed by atoms with Crippen molar-refractivity contribution in [3.63, 3.8) is 0 Å². The van der Waals surface area contributed by atoms with E-state index in [9.17, 15) is 4.79 Å². The van der Waals surface area contributed by atoms with Crippen LogP contribution in [-0.4, -0.2) is 18.2 Å². The van der Waals surface area contributed by atoms with Crippen LogP contribution in [0.2, 0.25) is 0 Å². The second-order valence-electron chi connectivity index (χ2n) is 5.41. The van der Waals surface area contributed by atoms with Crippen LogP contribution in [0.4, 0.5) is 10.5 Å². The van der Waals surface area contributed by atoms with E-state index in [0.717, 1.165) is 27.3 Å². The summed E-state index contributed by atoms with van der Waals surface area (Å²) in [7, 11) is 1.34. The Balaban J connectivity index is 1.73. The van der Waals surface area contributed by atoms with Gasteiger partial charge < -0.3 is 9.47 Å². The third-order valence-corrected chi connectivity index (χ3v) is 4.54. The Labute approximate surface area is 150 Å². The number of methoxy groups -OCH3 is 1. The highest BCUT2D eigenvalue weighted by Crippen LogP contribution is 2.29. The van der Waals surface area contributed by atoms with Gasteiger partial charge in [-0.25, -0.2) is 4.79 Å². The molecule has 25 heavy (non-hydrogen) atoms. The number of aryl methyl sites for hydroxylation is 1. The summed E-state index contributed by atoms with van der Waals surface area (Å²) in [6.07, 6.45) is 1.35. The molecule has 0 radical (unpaired) electrons. The average Bonchev–Trinajstić information content (AvgIpc) is 3.16. The molecule has 1 N–H and O–H groups in total. The predicted molar refractivity (Wildman–Crippen MR) is 99.1 cm³/mol. The summed E-state index contributed by atoms with van der Waals surface area (Å²) >= 11 is 1.61. The normalized spacial score (nSPS) is 10.3. The monoisotopic (exact) mass is 354 g/mol. The van der Waals surface area contributed by atoms with Crippen LogP contribution in [0.15, 0.2) is 54.2 Å². The Morgan fingerprint density at radius 1 is 1.24 bits per heavy atom. The number of aromatic nitrogens is 1. The molecule has 0 spiro atoms. The van der Waals surface area contributed by atoms with E-state index in [1.807, 2.05) is 55.0 Å². The van der Waals surface area contributed by atoms with Gasteiger partial charge in [-0.15, -0.1) is 11.3 Å². The van der Waals surface area contributed by atoms with Gasteiger partial charge in [-0.05, 0) is 42.3 Å². The maximum atomic E-state index is 11.4. The molecule has 0 atom stereocenters. The molecular weight excluding hydrogens is 336 g/mol. The molecule has 0 aliphatic rings. The first-order valence-electron chi connectivity index (χ1n) is 7.72. The molecule has 0 saturated carbocycles. The van der Waals surface area contributed by atoms with Gasteiger partial charge >= 0.3 is 6.09 Å². The standard InChI is InChI=1S/C19H18N2O3S/c1-13-9-14(18-10-20-12-25-18)7-8-17(13)24-11-15-5-3-4-6-16(15)21-19(22)23-2/h3-10,12H,11H2,1-2H3,(H,21,22). The fourth-order valence-electron chi connectivity index (χ4n) is 2.41. The van der Waals surface area contributed by atoms with E-state index in [1.54, 1.807) is 11.3 Å². The highest BCUT2D eigenvalue weighted by molar-refractivity contribution is 7.13. The average molecular weight is 354 g/mol. The summed E-state index contributed by atoms with van der Waals surface area (Å²) in [4.78, 5) is 16.7. The molecular formula is C19H18N2O3S. The molecule has 6 heteroatoms. The van der Waals surface area contributed by atoms with Gasteiger partial charge in [0, 0.05) is 11.8 Å². The summed E-state index contributed by atoms with van der Waals surface area (Å²) in [5.74, 6) is 0.807. The zero-order valence-corrected chi connectivity index (χ0v) is 14.8. The van der Waals surface area contributed by atoms with Crippen LogP contribution in [-0.2, 0) is 11.3 Å². The number of rotatable bonds is 5. The van der Waals surface area contributed by atoms with Crippen molar-refractivity contribution in [2.45, 2.75) is 13.5 Å². The number of thiazole rings is 1. The lowest BCUT2D eigenvalue weighted by Crippen LogP contribution is -2.13. The van der Waals surface area contributed by atoms with Crippen LogP contribution in [0.5, 0.6) is 5.75 Å². The number of benzene rings is 2. The number of nitrogens with zero attached hydrogens (tertiary/aromatic N) is 1. The Bertz CT molecular complexity index is 863. The number of carbonyl (C=O) groups excluding carboxylic acids is 1. The Hall–Kier alpha value is -2.86. The minimum Gasteiger partial charge on any atom is -0.489 e. The van der Waals surface area contributed by atoms with Gasteiger partial charge in [0.15, 0.2) is 0 Å². The van der Waals surface area contributed by atoms with Gasteiger partial charge in [-0.3, -0.25) is 10.3 Å². The summed E-state index contributed by atoms with van der Waals surface area (Å²) in [5, 5.41) is 2.69. The van der Waals surface area contributed by atoms with Crippen LogP contribution in [0.1, 0.15) is 11.1 Å². The molecule has 2 aromatic carbocycles. The number of para-hydroxylation sites is 1. The summed E-state index contributed by atoms with van der Waals surface area (Å²) in [5.41, 5.74) is 5.54. The largest absolute Gasteiger partial charge is 0.489 e. The maximum absolute atomic E-state index is 11.4. The van der Waals surface area contributed by atoms with Gasteiger partial charge in [-0.2, -0.15) is 0 Å². The Morgan fingerprint density at radius 2 is 2.08 bits per heavy atom. The minimum absolute atomic E-state index is 0.348. The van der Waals surface area contributed by atoms with Gasteiger partial charge in [0.25, 0.3) is 0 Å². The molecule has 3 aromatic rings. The van der Waals surface area contributed by atoms with E-state index in [2.05, 4.69) is 21.1 Å². The van der Waals surface area contributed by atoms with E-state index in [4.69, 9.17) is 4.74 Å². The number of carbonyl (C=O) groups is 1.